The van der Waals surface area contributed by atoms with E-state index in [-0.39, 0.29) is 57.5 Å². The smallest absolute Gasteiger partial charge is 0.251 e. The van der Waals surface area contributed by atoms with Gasteiger partial charge in [0, 0.05) is 36.3 Å². The van der Waals surface area contributed by atoms with Crippen molar-refractivity contribution in [2.24, 2.45) is 5.92 Å². The van der Waals surface area contributed by atoms with Crippen molar-refractivity contribution in [1.29, 1.82) is 0 Å². The summed E-state index contributed by atoms with van der Waals surface area (Å²) in [7, 11) is 0. The maximum Gasteiger partial charge on any atom is 0.251 e. The van der Waals surface area contributed by atoms with Gasteiger partial charge in [0.2, 0.25) is 0 Å². The number of anilines is 2. The topological polar surface area (TPSA) is 93.4 Å². The second-order valence-electron chi connectivity index (χ2n) is 9.34. The highest BCUT2D eigenvalue weighted by atomic mass is 19.2. The molecule has 0 spiro atoms. The maximum atomic E-state index is 15.3. The molecule has 3 N–H and O–H groups in total. The van der Waals surface area contributed by atoms with Crippen LogP contribution in [0.1, 0.15) is 29.8 Å². The lowest BCUT2D eigenvalue weighted by Crippen LogP contribution is -2.45. The van der Waals surface area contributed by atoms with Gasteiger partial charge in [-0.1, -0.05) is 13.8 Å². The summed E-state index contributed by atoms with van der Waals surface area (Å²) >= 11 is 0. The molecule has 2 aromatic carbocycles. The Kier molecular flexibility index (Phi) is 6.29. The molecule has 3 aromatic rings. The number of carbonyl (C=O) groups is 1. The Morgan fingerprint density at radius 2 is 1.94 bits per heavy atom. The zero-order chi connectivity index (χ0) is 25.6. The third-order valence-corrected chi connectivity index (χ3v) is 6.69. The van der Waals surface area contributed by atoms with E-state index >= 15 is 8.78 Å². The molecule has 0 saturated carbocycles. The van der Waals surface area contributed by atoms with Crippen LogP contribution in [-0.4, -0.2) is 48.2 Å². The van der Waals surface area contributed by atoms with Gasteiger partial charge in [-0.15, -0.1) is 0 Å². The van der Waals surface area contributed by atoms with Gasteiger partial charge in [0.05, 0.1) is 30.3 Å². The Balaban J connectivity index is 1.52. The standard InChI is InChI=1S/C26H26F3N5O2/c1-13(2)21-12-34(7-8-36-21)20-4-3-15(22(28)23(20)29)19-11-32-25(30)24(33-19)17-9-14-5-6-31-26(35)16(14)10-18(17)27/h3-4,9-11,13,21H,5-8,12H2,1-2H3,(H2,30,32)(H,31,35). The number of morpholine rings is 1. The molecule has 7 nitrogen and oxygen atoms in total. The highest BCUT2D eigenvalue weighted by Gasteiger charge is 2.28. The van der Waals surface area contributed by atoms with E-state index < -0.39 is 17.5 Å². The Bertz CT molecular complexity index is 1350. The number of aromatic nitrogens is 2. The van der Waals surface area contributed by atoms with Gasteiger partial charge in [0.25, 0.3) is 5.91 Å². The molecule has 1 amide bonds. The predicted octanol–water partition coefficient (Wildman–Crippen LogP) is 3.96. The van der Waals surface area contributed by atoms with E-state index in [9.17, 15) is 9.18 Å². The van der Waals surface area contributed by atoms with Gasteiger partial charge in [0.1, 0.15) is 17.3 Å². The molecule has 1 saturated heterocycles. The molecule has 1 aromatic heterocycles. The van der Waals surface area contributed by atoms with E-state index in [2.05, 4.69) is 15.3 Å². The van der Waals surface area contributed by atoms with Crippen molar-refractivity contribution in [2.45, 2.75) is 26.4 Å². The molecule has 5 rings (SSSR count). The normalized spacial score (nSPS) is 17.8. The zero-order valence-electron chi connectivity index (χ0n) is 19.9. The third-order valence-electron chi connectivity index (χ3n) is 6.69. The number of halogens is 3. The van der Waals surface area contributed by atoms with Gasteiger partial charge in [0.15, 0.2) is 11.6 Å². The average Bonchev–Trinajstić information content (AvgIpc) is 2.86. The number of ether oxygens (including phenoxy) is 1. The fraction of sp³-hybridized carbons (Fsp3) is 0.346. The SMILES string of the molecule is CC(C)C1CN(c2ccc(-c3cnc(N)c(-c4cc5c(cc4F)C(=O)NCC5)n3)c(F)c2F)CCO1. The molecule has 2 aliphatic heterocycles. The monoisotopic (exact) mass is 497 g/mol. The van der Waals surface area contributed by atoms with Crippen molar-refractivity contribution >= 4 is 17.4 Å². The number of nitrogens with zero attached hydrogens (tertiary/aromatic N) is 3. The summed E-state index contributed by atoms with van der Waals surface area (Å²) < 4.78 is 51.2. The van der Waals surface area contributed by atoms with E-state index in [1.54, 1.807) is 4.90 Å². The first-order valence-corrected chi connectivity index (χ1v) is 11.8. The summed E-state index contributed by atoms with van der Waals surface area (Å²) in [6.45, 7) is 5.79. The molecule has 1 fully saturated rings. The third kappa shape index (κ3) is 4.26. The van der Waals surface area contributed by atoms with Crippen molar-refractivity contribution in [2.75, 3.05) is 36.9 Å². The van der Waals surface area contributed by atoms with Crippen LogP contribution in [0.5, 0.6) is 0 Å². The van der Waals surface area contributed by atoms with Crippen LogP contribution < -0.4 is 16.0 Å². The minimum atomic E-state index is -1.08. The number of nitrogens with two attached hydrogens (primary N) is 1. The highest BCUT2D eigenvalue weighted by molar-refractivity contribution is 5.97. The Labute approximate surface area is 206 Å². The summed E-state index contributed by atoms with van der Waals surface area (Å²) in [5, 5.41) is 2.67. The van der Waals surface area contributed by atoms with Crippen LogP contribution in [0, 0.1) is 23.4 Å². The zero-order valence-corrected chi connectivity index (χ0v) is 19.9. The van der Waals surface area contributed by atoms with E-state index in [1.165, 1.54) is 24.4 Å². The number of nitrogen functional groups attached to an aromatic ring is 1. The fourth-order valence-electron chi connectivity index (χ4n) is 4.63. The summed E-state index contributed by atoms with van der Waals surface area (Å²) in [4.78, 5) is 22.2. The molecular weight excluding hydrogens is 471 g/mol. The first-order valence-electron chi connectivity index (χ1n) is 11.8. The summed E-state index contributed by atoms with van der Waals surface area (Å²) in [5.74, 6) is -2.97. The average molecular weight is 498 g/mol. The minimum Gasteiger partial charge on any atom is -0.382 e. The van der Waals surface area contributed by atoms with Gasteiger partial charge in [-0.25, -0.2) is 23.1 Å². The van der Waals surface area contributed by atoms with Gasteiger partial charge in [-0.2, -0.15) is 0 Å². The number of nitrogens with one attached hydrogen (secondary N) is 1. The largest absolute Gasteiger partial charge is 0.382 e. The summed E-state index contributed by atoms with van der Waals surface area (Å²) in [6, 6.07) is 5.59. The van der Waals surface area contributed by atoms with E-state index in [0.717, 1.165) is 6.07 Å². The Morgan fingerprint density at radius 3 is 2.72 bits per heavy atom. The summed E-state index contributed by atoms with van der Waals surface area (Å²) in [6.07, 6.45) is 1.66. The molecule has 0 aliphatic carbocycles. The molecule has 1 unspecified atom stereocenters. The molecule has 188 valence electrons. The molecule has 36 heavy (non-hydrogen) atoms. The molecule has 0 bridgehead atoms. The summed E-state index contributed by atoms with van der Waals surface area (Å²) in [5.41, 5.74) is 6.97. The van der Waals surface area contributed by atoms with Crippen LogP contribution in [0.2, 0.25) is 0 Å². The van der Waals surface area contributed by atoms with Crippen molar-refractivity contribution < 1.29 is 22.7 Å². The predicted molar refractivity (Wildman–Crippen MR) is 130 cm³/mol. The number of rotatable bonds is 4. The lowest BCUT2D eigenvalue weighted by atomic mass is 9.96. The lowest BCUT2D eigenvalue weighted by Gasteiger charge is -2.36. The highest BCUT2D eigenvalue weighted by Crippen LogP contribution is 2.34. The number of fused-ring (bicyclic) bond motifs is 1. The maximum absolute atomic E-state index is 15.3. The number of amides is 1. The van der Waals surface area contributed by atoms with Crippen LogP contribution in [0.25, 0.3) is 22.5 Å². The van der Waals surface area contributed by atoms with Gasteiger partial charge >= 0.3 is 0 Å². The van der Waals surface area contributed by atoms with Crippen molar-refractivity contribution in [3.8, 4) is 22.5 Å². The number of carbonyl (C=O) groups excluding carboxylic acids is 1. The molecule has 1 atom stereocenters. The molecule has 3 heterocycles. The molecule has 2 aliphatic rings. The number of hydrogen-bond acceptors (Lipinski definition) is 6. The molecular formula is C26H26F3N5O2. The van der Waals surface area contributed by atoms with Gasteiger partial charge < -0.3 is 20.7 Å². The van der Waals surface area contributed by atoms with Crippen LogP contribution in [-0.2, 0) is 11.2 Å². The first kappa shape index (κ1) is 24.1. The van der Waals surface area contributed by atoms with E-state index in [0.29, 0.717) is 38.2 Å². The van der Waals surface area contributed by atoms with Crippen LogP contribution in [0.3, 0.4) is 0 Å². The lowest BCUT2D eigenvalue weighted by molar-refractivity contribution is 0.0112. The van der Waals surface area contributed by atoms with Crippen LogP contribution in [0.15, 0.2) is 30.5 Å². The number of benzene rings is 2. The second kappa shape index (κ2) is 9.42. The van der Waals surface area contributed by atoms with Crippen molar-refractivity contribution in [1.82, 2.24) is 15.3 Å². The van der Waals surface area contributed by atoms with Crippen LogP contribution >= 0.6 is 0 Å². The van der Waals surface area contributed by atoms with Crippen LogP contribution in [0.4, 0.5) is 24.7 Å². The van der Waals surface area contributed by atoms with E-state index in [1.807, 2.05) is 13.8 Å². The quantitative estimate of drug-likeness (QED) is 0.567. The number of hydrogen-bond donors (Lipinski definition) is 2. The first-order chi connectivity index (χ1) is 17.2. The Morgan fingerprint density at radius 1 is 1.14 bits per heavy atom. The molecule has 10 heteroatoms. The second-order valence-corrected chi connectivity index (χ2v) is 9.34. The molecule has 0 radical (unpaired) electrons. The minimum absolute atomic E-state index is 0.00405. The van der Waals surface area contributed by atoms with Gasteiger partial charge in [-0.3, -0.25) is 4.79 Å². The van der Waals surface area contributed by atoms with Crippen molar-refractivity contribution in [3.05, 3.63) is 59.0 Å². The van der Waals surface area contributed by atoms with Crippen molar-refractivity contribution in [3.63, 3.8) is 0 Å². The fourth-order valence-corrected chi connectivity index (χ4v) is 4.63. The Hall–Kier alpha value is -3.66. The van der Waals surface area contributed by atoms with Gasteiger partial charge in [-0.05, 0) is 42.2 Å². The van der Waals surface area contributed by atoms with E-state index in [4.69, 9.17) is 10.5 Å².